The molecule has 0 radical (unpaired) electrons. The number of rotatable bonds is 10. The third-order valence-electron chi connectivity index (χ3n) is 2.30. The Kier molecular flexibility index (Phi) is 10.5. The van der Waals surface area contributed by atoms with Crippen LogP contribution in [0.25, 0.3) is 0 Å². The SMILES string of the molecule is CNC(=O)CCCNCCOCCC(C)C. The molecule has 0 aromatic rings. The summed E-state index contributed by atoms with van der Waals surface area (Å²) in [5, 5.41) is 5.85. The maximum atomic E-state index is 10.9. The van der Waals surface area contributed by atoms with E-state index >= 15 is 0 Å². The summed E-state index contributed by atoms with van der Waals surface area (Å²) in [6.45, 7) is 7.73. The second-order valence-electron chi connectivity index (χ2n) is 4.32. The summed E-state index contributed by atoms with van der Waals surface area (Å²) in [6, 6.07) is 0. The van der Waals surface area contributed by atoms with Gasteiger partial charge in [0.1, 0.15) is 0 Å². The van der Waals surface area contributed by atoms with Crippen molar-refractivity contribution in [2.24, 2.45) is 5.92 Å². The highest BCUT2D eigenvalue weighted by Gasteiger charge is 1.97. The Balaban J connectivity index is 3.01. The molecule has 0 rings (SSSR count). The lowest BCUT2D eigenvalue weighted by Gasteiger charge is -2.07. The van der Waals surface area contributed by atoms with Crippen molar-refractivity contribution in [1.29, 1.82) is 0 Å². The summed E-state index contributed by atoms with van der Waals surface area (Å²) >= 11 is 0. The van der Waals surface area contributed by atoms with E-state index in [1.165, 1.54) is 0 Å². The minimum Gasteiger partial charge on any atom is -0.380 e. The fraction of sp³-hybridized carbons (Fsp3) is 0.917. The predicted octanol–water partition coefficient (Wildman–Crippen LogP) is 1.16. The van der Waals surface area contributed by atoms with Gasteiger partial charge in [-0.2, -0.15) is 0 Å². The standard InChI is InChI=1S/C12H26N2O2/c1-11(2)6-9-16-10-8-14-7-4-5-12(15)13-3/h11,14H,4-10H2,1-3H3,(H,13,15). The van der Waals surface area contributed by atoms with E-state index < -0.39 is 0 Å². The van der Waals surface area contributed by atoms with Gasteiger partial charge in [-0.15, -0.1) is 0 Å². The Bertz CT molecular complexity index is 172. The molecule has 4 nitrogen and oxygen atoms in total. The zero-order valence-electron chi connectivity index (χ0n) is 10.8. The molecule has 0 saturated carbocycles. The summed E-state index contributed by atoms with van der Waals surface area (Å²) in [5.41, 5.74) is 0. The maximum absolute atomic E-state index is 10.9. The molecule has 0 unspecified atom stereocenters. The van der Waals surface area contributed by atoms with Crippen LogP contribution in [0.5, 0.6) is 0 Å². The molecule has 16 heavy (non-hydrogen) atoms. The van der Waals surface area contributed by atoms with Crippen LogP contribution >= 0.6 is 0 Å². The van der Waals surface area contributed by atoms with Gasteiger partial charge in [-0.05, 0) is 25.3 Å². The summed E-state index contributed by atoms with van der Waals surface area (Å²) in [6.07, 6.45) is 2.60. The van der Waals surface area contributed by atoms with Crippen molar-refractivity contribution in [2.45, 2.75) is 33.1 Å². The van der Waals surface area contributed by atoms with Crippen molar-refractivity contribution in [3.8, 4) is 0 Å². The van der Waals surface area contributed by atoms with Gasteiger partial charge in [0.15, 0.2) is 0 Å². The largest absolute Gasteiger partial charge is 0.380 e. The highest BCUT2D eigenvalue weighted by atomic mass is 16.5. The average Bonchev–Trinajstić information content (AvgIpc) is 2.26. The molecule has 0 atom stereocenters. The monoisotopic (exact) mass is 230 g/mol. The molecule has 0 saturated heterocycles. The lowest BCUT2D eigenvalue weighted by Crippen LogP contribution is -2.23. The van der Waals surface area contributed by atoms with E-state index in [9.17, 15) is 4.79 Å². The number of hydrogen-bond donors (Lipinski definition) is 2. The Morgan fingerprint density at radius 2 is 2.00 bits per heavy atom. The fourth-order valence-electron chi connectivity index (χ4n) is 1.19. The quantitative estimate of drug-likeness (QED) is 0.554. The van der Waals surface area contributed by atoms with Crippen LogP contribution in [-0.2, 0) is 9.53 Å². The van der Waals surface area contributed by atoms with E-state index in [-0.39, 0.29) is 5.91 Å². The van der Waals surface area contributed by atoms with E-state index in [1.807, 2.05) is 0 Å². The Morgan fingerprint density at radius 3 is 2.62 bits per heavy atom. The number of ether oxygens (including phenoxy) is 1. The first-order valence-electron chi connectivity index (χ1n) is 6.16. The predicted molar refractivity (Wildman–Crippen MR) is 66.4 cm³/mol. The minimum atomic E-state index is 0.106. The smallest absolute Gasteiger partial charge is 0.219 e. The van der Waals surface area contributed by atoms with Crippen LogP contribution in [-0.4, -0.2) is 39.3 Å². The van der Waals surface area contributed by atoms with Gasteiger partial charge in [0.05, 0.1) is 6.61 Å². The molecule has 0 aromatic heterocycles. The third kappa shape index (κ3) is 11.5. The molecule has 0 aliphatic rings. The molecule has 96 valence electrons. The molecule has 0 spiro atoms. The van der Waals surface area contributed by atoms with Crippen LogP contribution in [0.15, 0.2) is 0 Å². The van der Waals surface area contributed by atoms with Gasteiger partial charge >= 0.3 is 0 Å². The van der Waals surface area contributed by atoms with E-state index in [0.29, 0.717) is 12.3 Å². The van der Waals surface area contributed by atoms with Gasteiger partial charge in [-0.1, -0.05) is 13.8 Å². The molecule has 0 fully saturated rings. The van der Waals surface area contributed by atoms with Crippen molar-refractivity contribution in [3.63, 3.8) is 0 Å². The molecule has 0 aromatic carbocycles. The lowest BCUT2D eigenvalue weighted by atomic mass is 10.1. The summed E-state index contributed by atoms with van der Waals surface area (Å²) in [4.78, 5) is 10.9. The van der Waals surface area contributed by atoms with Gasteiger partial charge in [-0.3, -0.25) is 4.79 Å². The zero-order chi connectivity index (χ0) is 12.2. The fourth-order valence-corrected chi connectivity index (χ4v) is 1.19. The minimum absolute atomic E-state index is 0.106. The van der Waals surface area contributed by atoms with Crippen LogP contribution in [0.2, 0.25) is 0 Å². The van der Waals surface area contributed by atoms with Gasteiger partial charge in [0.25, 0.3) is 0 Å². The van der Waals surface area contributed by atoms with Crippen LogP contribution in [0.3, 0.4) is 0 Å². The van der Waals surface area contributed by atoms with E-state index in [2.05, 4.69) is 24.5 Å². The molecular weight excluding hydrogens is 204 g/mol. The first-order chi connectivity index (χ1) is 7.66. The van der Waals surface area contributed by atoms with Gasteiger partial charge in [0, 0.05) is 26.6 Å². The molecule has 0 aliphatic heterocycles. The summed E-state index contributed by atoms with van der Waals surface area (Å²) in [5.74, 6) is 0.815. The van der Waals surface area contributed by atoms with Crippen LogP contribution in [0.4, 0.5) is 0 Å². The van der Waals surface area contributed by atoms with Crippen molar-refractivity contribution in [1.82, 2.24) is 10.6 Å². The van der Waals surface area contributed by atoms with Crippen molar-refractivity contribution >= 4 is 5.91 Å². The zero-order valence-corrected chi connectivity index (χ0v) is 10.8. The van der Waals surface area contributed by atoms with Gasteiger partial charge in [-0.25, -0.2) is 0 Å². The molecular formula is C12H26N2O2. The number of carbonyl (C=O) groups is 1. The van der Waals surface area contributed by atoms with Gasteiger partial charge < -0.3 is 15.4 Å². The average molecular weight is 230 g/mol. The van der Waals surface area contributed by atoms with Crippen molar-refractivity contribution in [3.05, 3.63) is 0 Å². The second-order valence-corrected chi connectivity index (χ2v) is 4.32. The highest BCUT2D eigenvalue weighted by Crippen LogP contribution is 1.98. The number of hydrogen-bond acceptors (Lipinski definition) is 3. The first-order valence-corrected chi connectivity index (χ1v) is 6.16. The Morgan fingerprint density at radius 1 is 1.25 bits per heavy atom. The lowest BCUT2D eigenvalue weighted by molar-refractivity contribution is -0.120. The number of amides is 1. The molecule has 0 bridgehead atoms. The summed E-state index contributed by atoms with van der Waals surface area (Å²) < 4.78 is 5.45. The van der Waals surface area contributed by atoms with E-state index in [0.717, 1.165) is 39.1 Å². The van der Waals surface area contributed by atoms with Crippen LogP contribution in [0.1, 0.15) is 33.1 Å². The molecule has 0 heterocycles. The van der Waals surface area contributed by atoms with Crippen LogP contribution < -0.4 is 10.6 Å². The summed E-state index contributed by atoms with van der Waals surface area (Å²) in [7, 11) is 1.67. The van der Waals surface area contributed by atoms with E-state index in [4.69, 9.17) is 4.74 Å². The molecule has 0 aliphatic carbocycles. The van der Waals surface area contributed by atoms with E-state index in [1.54, 1.807) is 7.05 Å². The second kappa shape index (κ2) is 10.9. The third-order valence-corrected chi connectivity index (χ3v) is 2.30. The number of carbonyl (C=O) groups excluding carboxylic acids is 1. The Labute approximate surface area is 99.1 Å². The molecule has 4 heteroatoms. The number of nitrogens with one attached hydrogen (secondary N) is 2. The highest BCUT2D eigenvalue weighted by molar-refractivity contribution is 5.75. The molecule has 1 amide bonds. The topological polar surface area (TPSA) is 50.4 Å². The van der Waals surface area contributed by atoms with Crippen molar-refractivity contribution in [2.75, 3.05) is 33.4 Å². The first kappa shape index (κ1) is 15.4. The molecule has 2 N–H and O–H groups in total. The van der Waals surface area contributed by atoms with Crippen LogP contribution in [0, 0.1) is 5.92 Å². The maximum Gasteiger partial charge on any atom is 0.219 e. The van der Waals surface area contributed by atoms with Crippen molar-refractivity contribution < 1.29 is 9.53 Å². The van der Waals surface area contributed by atoms with Gasteiger partial charge in [0.2, 0.25) is 5.91 Å². The Hall–Kier alpha value is -0.610. The normalized spacial score (nSPS) is 10.8.